The molecule has 1 aliphatic carbocycles. The molecule has 3 rings (SSSR count). The molecule has 2 aromatic rings. The standard InChI is InChI=1S/C20H22N2O6.2CHO.Co/c23-13-5-11(19(27)17(25)7-13)9-21-15-3-1-2-4-16(15)22-10-12-6-14(24)8-18(26)20(12)28;2*1-2;/h5-10,15-16,23-28H,1-4H2;2*1H;/q;2*-1;+2. The predicted molar refractivity (Wildman–Crippen MR) is 118 cm³/mol. The van der Waals surface area contributed by atoms with Gasteiger partial charge in [0.25, 0.3) is 0 Å². The molecule has 0 heterocycles. The largest absolute Gasteiger partial charge is 2.00 e. The maximum Gasteiger partial charge on any atom is 2.00 e. The molecule has 179 valence electrons. The first-order valence-corrected chi connectivity index (χ1v) is 9.38. The number of phenols is 6. The third-order valence-electron chi connectivity index (χ3n) is 4.71. The Morgan fingerprint density at radius 2 is 1.00 bits per heavy atom. The number of nitrogens with zero attached hydrogens (tertiary/aromatic N) is 2. The summed E-state index contributed by atoms with van der Waals surface area (Å²) in [5, 5.41) is 58.1. The van der Waals surface area contributed by atoms with Crippen molar-refractivity contribution in [2.45, 2.75) is 37.8 Å². The van der Waals surface area contributed by atoms with Crippen LogP contribution in [-0.4, -0.2) is 68.7 Å². The zero-order valence-electron chi connectivity index (χ0n) is 17.3. The van der Waals surface area contributed by atoms with Gasteiger partial charge in [-0.3, -0.25) is 23.6 Å². The van der Waals surface area contributed by atoms with E-state index >= 15 is 0 Å². The van der Waals surface area contributed by atoms with Crippen molar-refractivity contribution in [3.63, 3.8) is 0 Å². The van der Waals surface area contributed by atoms with Gasteiger partial charge in [0, 0.05) is 35.7 Å². The van der Waals surface area contributed by atoms with E-state index in [1.165, 1.54) is 24.6 Å². The van der Waals surface area contributed by atoms with E-state index in [1.54, 1.807) is 0 Å². The maximum atomic E-state index is 9.89. The summed E-state index contributed by atoms with van der Waals surface area (Å²) >= 11 is 0. The minimum atomic E-state index is -0.432. The van der Waals surface area contributed by atoms with Gasteiger partial charge in [0.15, 0.2) is 23.0 Å². The van der Waals surface area contributed by atoms with Gasteiger partial charge in [-0.25, -0.2) is 0 Å². The third-order valence-corrected chi connectivity index (χ3v) is 4.71. The third kappa shape index (κ3) is 8.13. The summed E-state index contributed by atoms with van der Waals surface area (Å²) in [5.41, 5.74) is 0.391. The topological polar surface area (TPSA) is 180 Å². The minimum absolute atomic E-state index is 0. The summed E-state index contributed by atoms with van der Waals surface area (Å²) in [6.45, 7) is 6.50. The summed E-state index contributed by atoms with van der Waals surface area (Å²) in [5.74, 6) is -1.96. The Morgan fingerprint density at radius 1 is 0.667 bits per heavy atom. The van der Waals surface area contributed by atoms with Crippen LogP contribution in [0.25, 0.3) is 0 Å². The normalized spacial score (nSPS) is 17.3. The Balaban J connectivity index is 0.00000194. The molecule has 33 heavy (non-hydrogen) atoms. The monoisotopic (exact) mass is 503 g/mol. The van der Waals surface area contributed by atoms with Crippen LogP contribution < -0.4 is 0 Å². The van der Waals surface area contributed by atoms with E-state index in [9.17, 15) is 30.6 Å². The number of hydrogen-bond donors (Lipinski definition) is 6. The minimum Gasteiger partial charge on any atom is -0.545 e. The van der Waals surface area contributed by atoms with Crippen molar-refractivity contribution in [2.75, 3.05) is 0 Å². The van der Waals surface area contributed by atoms with Crippen LogP contribution in [0, 0.1) is 0 Å². The summed E-state index contributed by atoms with van der Waals surface area (Å²) < 4.78 is 0. The van der Waals surface area contributed by atoms with Crippen LogP contribution in [0.4, 0.5) is 0 Å². The molecule has 2 atom stereocenters. The van der Waals surface area contributed by atoms with Crippen LogP contribution in [0.1, 0.15) is 36.8 Å². The molecule has 11 heteroatoms. The molecule has 6 N–H and O–H groups in total. The van der Waals surface area contributed by atoms with E-state index in [2.05, 4.69) is 23.6 Å². The quantitative estimate of drug-likeness (QED) is 0.121. The van der Waals surface area contributed by atoms with Crippen LogP contribution in [0.5, 0.6) is 34.5 Å². The average molecular weight is 503 g/mol. The van der Waals surface area contributed by atoms with Crippen molar-refractivity contribution in [1.82, 2.24) is 0 Å². The number of aliphatic imine (C=N–C) groups is 2. The van der Waals surface area contributed by atoms with Crippen LogP contribution >= 0.6 is 0 Å². The van der Waals surface area contributed by atoms with Gasteiger partial charge in [-0.2, -0.15) is 0 Å². The van der Waals surface area contributed by atoms with Gasteiger partial charge in [-0.1, -0.05) is 12.8 Å². The molecule has 2 aromatic carbocycles. The molecule has 1 saturated carbocycles. The number of rotatable bonds is 4. The number of aromatic hydroxyl groups is 6. The molecule has 2 unspecified atom stereocenters. The fourth-order valence-electron chi connectivity index (χ4n) is 3.24. The number of benzene rings is 2. The predicted octanol–water partition coefficient (Wildman–Crippen LogP) is 2.22. The van der Waals surface area contributed by atoms with Crippen LogP contribution in [0.2, 0.25) is 0 Å². The zero-order valence-corrected chi connectivity index (χ0v) is 18.4. The molecule has 1 aliphatic rings. The first kappa shape index (κ1) is 29.4. The molecule has 1 fully saturated rings. The average Bonchev–Trinajstić information content (AvgIpc) is 2.80. The fraction of sp³-hybridized carbons (Fsp3) is 0.273. The number of carbonyl (C=O) groups excluding carboxylic acids is 2. The molecule has 0 amide bonds. The van der Waals surface area contributed by atoms with E-state index in [0.29, 0.717) is 0 Å². The summed E-state index contributed by atoms with van der Waals surface area (Å²) in [6.07, 6.45) is 6.24. The van der Waals surface area contributed by atoms with E-state index in [1.807, 2.05) is 0 Å². The van der Waals surface area contributed by atoms with Crippen molar-refractivity contribution in [3.8, 4) is 34.5 Å². The van der Waals surface area contributed by atoms with Crippen molar-refractivity contribution in [1.29, 1.82) is 0 Å². The van der Waals surface area contributed by atoms with Gasteiger partial charge in [0.1, 0.15) is 11.5 Å². The van der Waals surface area contributed by atoms with Gasteiger partial charge in [0.2, 0.25) is 0 Å². The van der Waals surface area contributed by atoms with Gasteiger partial charge in [-0.05, 0) is 25.0 Å². The van der Waals surface area contributed by atoms with Gasteiger partial charge in [-0.15, -0.1) is 0 Å². The summed E-state index contributed by atoms with van der Waals surface area (Å²) in [4.78, 5) is 24.4. The molecular formula is C22H24CoN2O8. The Kier molecular flexibility index (Phi) is 12.9. The first-order valence-electron chi connectivity index (χ1n) is 9.38. The molecule has 0 aromatic heterocycles. The molecule has 0 bridgehead atoms. The van der Waals surface area contributed by atoms with E-state index in [0.717, 1.165) is 37.8 Å². The zero-order chi connectivity index (χ0) is 24.3. The van der Waals surface area contributed by atoms with Crippen molar-refractivity contribution in [3.05, 3.63) is 35.4 Å². The van der Waals surface area contributed by atoms with Gasteiger partial charge < -0.3 is 40.2 Å². The number of hydrogen-bond acceptors (Lipinski definition) is 10. The second-order valence-electron chi connectivity index (χ2n) is 6.78. The van der Waals surface area contributed by atoms with Crippen molar-refractivity contribution in [2.24, 2.45) is 9.98 Å². The van der Waals surface area contributed by atoms with Crippen LogP contribution in [-0.2, 0) is 26.4 Å². The first-order chi connectivity index (χ1) is 15.3. The van der Waals surface area contributed by atoms with Crippen molar-refractivity contribution < 1.29 is 57.0 Å². The Morgan fingerprint density at radius 3 is 1.33 bits per heavy atom. The summed E-state index contributed by atoms with van der Waals surface area (Å²) in [6, 6.07) is 4.29. The second kappa shape index (κ2) is 14.5. The van der Waals surface area contributed by atoms with E-state index in [-0.39, 0.29) is 63.0 Å². The fourth-order valence-corrected chi connectivity index (χ4v) is 3.24. The van der Waals surface area contributed by atoms with E-state index in [4.69, 9.17) is 9.59 Å². The molecule has 0 spiro atoms. The molecule has 0 aliphatic heterocycles. The summed E-state index contributed by atoms with van der Waals surface area (Å²) in [7, 11) is 0. The Labute approximate surface area is 200 Å². The van der Waals surface area contributed by atoms with Crippen LogP contribution in [0.3, 0.4) is 0 Å². The molecular weight excluding hydrogens is 479 g/mol. The number of phenolic OH excluding ortho intramolecular Hbond substituents is 6. The van der Waals surface area contributed by atoms with E-state index < -0.39 is 11.5 Å². The molecule has 1 radical (unpaired) electrons. The Hall–Kier alpha value is -3.57. The van der Waals surface area contributed by atoms with Gasteiger partial charge >= 0.3 is 16.8 Å². The molecule has 10 nitrogen and oxygen atoms in total. The molecule has 0 saturated heterocycles. The smallest absolute Gasteiger partial charge is 0.545 e. The second-order valence-corrected chi connectivity index (χ2v) is 6.78. The van der Waals surface area contributed by atoms with Gasteiger partial charge in [0.05, 0.1) is 12.1 Å². The van der Waals surface area contributed by atoms with Crippen LogP contribution in [0.15, 0.2) is 34.3 Å². The SMILES string of the molecule is Oc1cc(O)c(O)c(C=NC2CCCCC2N=Cc2cc(O)cc(O)c2O)c1.[CH-]=O.[CH-]=O.[Co+2]. The maximum absolute atomic E-state index is 9.89. The van der Waals surface area contributed by atoms with Crippen molar-refractivity contribution >= 4 is 26.0 Å². The Bertz CT molecular complexity index is 890.